The van der Waals surface area contributed by atoms with Crippen molar-refractivity contribution in [2.24, 2.45) is 10.9 Å². The van der Waals surface area contributed by atoms with Crippen LogP contribution in [0.4, 0.5) is 0 Å². The molecule has 134 valence electrons. The van der Waals surface area contributed by atoms with E-state index in [-0.39, 0.29) is 0 Å². The number of guanidine groups is 1. The van der Waals surface area contributed by atoms with Gasteiger partial charge in [-0.2, -0.15) is 0 Å². The molecular formula is C17H33N3O3. The van der Waals surface area contributed by atoms with Crippen molar-refractivity contribution in [1.29, 1.82) is 0 Å². The maximum Gasteiger partial charge on any atom is 0.191 e. The lowest BCUT2D eigenvalue weighted by Crippen LogP contribution is -2.38. The number of ether oxygens (including phenoxy) is 3. The highest BCUT2D eigenvalue weighted by molar-refractivity contribution is 5.79. The van der Waals surface area contributed by atoms with Crippen molar-refractivity contribution in [2.45, 2.75) is 45.1 Å². The van der Waals surface area contributed by atoms with E-state index in [2.05, 4.69) is 22.5 Å². The van der Waals surface area contributed by atoms with Gasteiger partial charge in [-0.3, -0.25) is 4.99 Å². The van der Waals surface area contributed by atoms with Crippen LogP contribution in [0.25, 0.3) is 0 Å². The summed E-state index contributed by atoms with van der Waals surface area (Å²) in [4.78, 5) is 4.60. The summed E-state index contributed by atoms with van der Waals surface area (Å²) in [6.07, 6.45) is 5.97. The molecule has 2 N–H and O–H groups in total. The molecule has 0 radical (unpaired) electrons. The monoisotopic (exact) mass is 327 g/mol. The van der Waals surface area contributed by atoms with Gasteiger partial charge in [0.2, 0.25) is 0 Å². The molecule has 2 heterocycles. The van der Waals surface area contributed by atoms with Crippen LogP contribution in [0.5, 0.6) is 0 Å². The van der Waals surface area contributed by atoms with Crippen molar-refractivity contribution in [3.05, 3.63) is 0 Å². The highest BCUT2D eigenvalue weighted by atomic mass is 16.5. The number of rotatable bonds is 10. The quantitative estimate of drug-likeness (QED) is 0.362. The molecule has 0 bridgehead atoms. The van der Waals surface area contributed by atoms with Crippen molar-refractivity contribution in [3.63, 3.8) is 0 Å². The minimum absolute atomic E-state index is 0.429. The van der Waals surface area contributed by atoms with Crippen molar-refractivity contribution in [1.82, 2.24) is 10.6 Å². The molecule has 6 nitrogen and oxygen atoms in total. The number of hydrogen-bond donors (Lipinski definition) is 2. The molecule has 2 unspecified atom stereocenters. The van der Waals surface area contributed by atoms with Crippen LogP contribution in [0.15, 0.2) is 4.99 Å². The van der Waals surface area contributed by atoms with Crippen molar-refractivity contribution in [3.8, 4) is 0 Å². The molecular weight excluding hydrogens is 294 g/mol. The Labute approximate surface area is 140 Å². The second kappa shape index (κ2) is 11.6. The summed E-state index contributed by atoms with van der Waals surface area (Å²) in [5.74, 6) is 1.49. The summed E-state index contributed by atoms with van der Waals surface area (Å²) in [6.45, 7) is 8.93. The minimum Gasteiger partial charge on any atom is -0.381 e. The van der Waals surface area contributed by atoms with Gasteiger partial charge >= 0.3 is 0 Å². The standard InChI is InChI=1S/C17H33N3O3/c1-2-18-17(20-9-6-16-5-3-11-23-16)19-8-4-10-21-13-15-7-12-22-14-15/h15-16H,2-14H2,1H3,(H2,18,19,20). The minimum atomic E-state index is 0.429. The lowest BCUT2D eigenvalue weighted by atomic mass is 10.1. The van der Waals surface area contributed by atoms with E-state index >= 15 is 0 Å². The van der Waals surface area contributed by atoms with Crippen LogP contribution in [-0.2, 0) is 14.2 Å². The third kappa shape index (κ3) is 7.99. The van der Waals surface area contributed by atoms with E-state index in [9.17, 15) is 0 Å². The molecule has 23 heavy (non-hydrogen) atoms. The summed E-state index contributed by atoms with van der Waals surface area (Å²) in [7, 11) is 0. The topological polar surface area (TPSA) is 64.1 Å². The first-order valence-corrected chi connectivity index (χ1v) is 9.17. The molecule has 0 aromatic heterocycles. The molecule has 2 aliphatic heterocycles. The fraction of sp³-hybridized carbons (Fsp3) is 0.941. The Bertz CT molecular complexity index is 327. The Morgan fingerprint density at radius 1 is 1.26 bits per heavy atom. The average molecular weight is 327 g/mol. The first-order chi connectivity index (χ1) is 11.4. The van der Waals surface area contributed by atoms with Crippen LogP contribution in [0.2, 0.25) is 0 Å². The molecule has 0 saturated carbocycles. The average Bonchev–Trinajstić information content (AvgIpc) is 3.24. The van der Waals surface area contributed by atoms with E-state index in [4.69, 9.17) is 14.2 Å². The van der Waals surface area contributed by atoms with Gasteiger partial charge in [0.05, 0.1) is 19.3 Å². The zero-order valence-electron chi connectivity index (χ0n) is 14.5. The lowest BCUT2D eigenvalue weighted by Gasteiger charge is -2.13. The van der Waals surface area contributed by atoms with Gasteiger partial charge in [0.15, 0.2) is 5.96 Å². The van der Waals surface area contributed by atoms with Gasteiger partial charge in [0, 0.05) is 45.4 Å². The third-order valence-electron chi connectivity index (χ3n) is 4.22. The number of aliphatic imine (C=N–C) groups is 1. The van der Waals surface area contributed by atoms with Gasteiger partial charge in [-0.05, 0) is 39.0 Å². The number of nitrogens with zero attached hydrogens (tertiary/aromatic N) is 1. The van der Waals surface area contributed by atoms with E-state index in [1.54, 1.807) is 0 Å². The van der Waals surface area contributed by atoms with Gasteiger partial charge in [-0.1, -0.05) is 0 Å². The number of hydrogen-bond acceptors (Lipinski definition) is 4. The second-order valence-electron chi connectivity index (χ2n) is 6.27. The van der Waals surface area contributed by atoms with Crippen LogP contribution < -0.4 is 10.6 Å². The summed E-state index contributed by atoms with van der Waals surface area (Å²) in [5, 5.41) is 6.67. The molecule has 6 heteroatoms. The van der Waals surface area contributed by atoms with E-state index in [0.29, 0.717) is 12.0 Å². The Morgan fingerprint density at radius 2 is 2.22 bits per heavy atom. The molecule has 2 saturated heterocycles. The van der Waals surface area contributed by atoms with Crippen LogP contribution in [0.1, 0.15) is 39.0 Å². The summed E-state index contributed by atoms with van der Waals surface area (Å²) < 4.78 is 16.7. The van der Waals surface area contributed by atoms with E-state index < -0.39 is 0 Å². The summed E-state index contributed by atoms with van der Waals surface area (Å²) in [6, 6.07) is 0. The van der Waals surface area contributed by atoms with Crippen molar-refractivity contribution in [2.75, 3.05) is 52.7 Å². The molecule has 0 spiro atoms. The van der Waals surface area contributed by atoms with Crippen LogP contribution in [0.3, 0.4) is 0 Å². The molecule has 0 aromatic carbocycles. The van der Waals surface area contributed by atoms with Crippen LogP contribution >= 0.6 is 0 Å². The zero-order chi connectivity index (χ0) is 16.2. The SMILES string of the molecule is CCNC(=NCCCOCC1CCOC1)NCCC1CCCO1. The molecule has 2 fully saturated rings. The Balaban J connectivity index is 1.51. The van der Waals surface area contributed by atoms with Gasteiger partial charge in [0.25, 0.3) is 0 Å². The van der Waals surface area contributed by atoms with Crippen molar-refractivity contribution < 1.29 is 14.2 Å². The highest BCUT2D eigenvalue weighted by Crippen LogP contribution is 2.14. The Morgan fingerprint density at radius 3 is 2.96 bits per heavy atom. The molecule has 0 aromatic rings. The van der Waals surface area contributed by atoms with Gasteiger partial charge in [0.1, 0.15) is 0 Å². The van der Waals surface area contributed by atoms with E-state index in [0.717, 1.165) is 77.9 Å². The van der Waals surface area contributed by atoms with Gasteiger partial charge in [-0.15, -0.1) is 0 Å². The zero-order valence-corrected chi connectivity index (χ0v) is 14.5. The predicted molar refractivity (Wildman–Crippen MR) is 91.9 cm³/mol. The third-order valence-corrected chi connectivity index (χ3v) is 4.22. The lowest BCUT2D eigenvalue weighted by molar-refractivity contribution is 0.0893. The van der Waals surface area contributed by atoms with E-state index in [1.807, 2.05) is 0 Å². The first kappa shape index (κ1) is 18.5. The molecule has 2 aliphatic rings. The van der Waals surface area contributed by atoms with Crippen molar-refractivity contribution >= 4 is 5.96 Å². The van der Waals surface area contributed by atoms with Gasteiger partial charge in [-0.25, -0.2) is 0 Å². The van der Waals surface area contributed by atoms with Crippen LogP contribution in [-0.4, -0.2) is 64.7 Å². The second-order valence-corrected chi connectivity index (χ2v) is 6.27. The maximum absolute atomic E-state index is 5.70. The molecule has 0 aliphatic carbocycles. The smallest absolute Gasteiger partial charge is 0.191 e. The Kier molecular flexibility index (Phi) is 9.36. The summed E-state index contributed by atoms with van der Waals surface area (Å²) >= 11 is 0. The fourth-order valence-electron chi connectivity index (χ4n) is 2.89. The normalized spacial score (nSPS) is 25.0. The Hall–Kier alpha value is -0.850. The maximum atomic E-state index is 5.70. The summed E-state index contributed by atoms with van der Waals surface area (Å²) in [5.41, 5.74) is 0. The number of nitrogens with one attached hydrogen (secondary N) is 2. The molecule has 0 amide bonds. The van der Waals surface area contributed by atoms with E-state index in [1.165, 1.54) is 12.8 Å². The molecule has 2 rings (SSSR count). The van der Waals surface area contributed by atoms with Gasteiger partial charge < -0.3 is 24.8 Å². The fourth-order valence-corrected chi connectivity index (χ4v) is 2.89. The largest absolute Gasteiger partial charge is 0.381 e. The highest BCUT2D eigenvalue weighted by Gasteiger charge is 2.15. The van der Waals surface area contributed by atoms with Crippen LogP contribution in [0, 0.1) is 5.92 Å². The predicted octanol–water partition coefficient (Wildman–Crippen LogP) is 1.55. The molecule has 2 atom stereocenters. The first-order valence-electron chi connectivity index (χ1n) is 9.17.